The molecule has 0 radical (unpaired) electrons. The monoisotopic (exact) mass is 317 g/mol. The quantitative estimate of drug-likeness (QED) is 0.808. The third-order valence-electron chi connectivity index (χ3n) is 2.41. The molecule has 1 atom stereocenters. The highest BCUT2D eigenvalue weighted by atomic mass is 35.5. The van der Waals surface area contributed by atoms with Crippen molar-refractivity contribution in [2.45, 2.75) is 6.92 Å². The van der Waals surface area contributed by atoms with Crippen LogP contribution in [0.15, 0.2) is 18.2 Å². The molecule has 7 heteroatoms. The summed E-state index contributed by atoms with van der Waals surface area (Å²) >= 11 is 7.56. The Kier molecular flexibility index (Phi) is 6.67. The summed E-state index contributed by atoms with van der Waals surface area (Å²) in [6.45, 7) is 1.38. The average Bonchev–Trinajstić information content (AvgIpc) is 2.37. The minimum absolute atomic E-state index is 0.0883. The summed E-state index contributed by atoms with van der Waals surface area (Å²) in [6, 6.07) is 4.68. The highest BCUT2D eigenvalue weighted by Crippen LogP contribution is 2.28. The Labute approximate surface area is 126 Å². The largest absolute Gasteiger partial charge is 0.480 e. The van der Waals surface area contributed by atoms with E-state index in [9.17, 15) is 9.59 Å². The van der Waals surface area contributed by atoms with Crippen LogP contribution in [-0.2, 0) is 9.59 Å². The molecule has 20 heavy (non-hydrogen) atoms. The molecule has 0 saturated carbocycles. The van der Waals surface area contributed by atoms with Gasteiger partial charge in [-0.05, 0) is 24.5 Å². The van der Waals surface area contributed by atoms with Crippen LogP contribution in [0.1, 0.15) is 6.92 Å². The third-order valence-corrected chi connectivity index (χ3v) is 3.54. The molecule has 2 N–H and O–H groups in total. The Morgan fingerprint density at radius 3 is 2.75 bits per heavy atom. The summed E-state index contributed by atoms with van der Waals surface area (Å²) in [4.78, 5) is 22.2. The lowest BCUT2D eigenvalue weighted by atomic mass is 10.2. The molecule has 5 nitrogen and oxygen atoms in total. The van der Waals surface area contributed by atoms with Crippen molar-refractivity contribution < 1.29 is 19.4 Å². The van der Waals surface area contributed by atoms with E-state index in [1.165, 1.54) is 12.1 Å². The molecule has 1 aromatic rings. The van der Waals surface area contributed by atoms with Crippen LogP contribution < -0.4 is 10.1 Å². The van der Waals surface area contributed by atoms with Crippen LogP contribution in [0.2, 0.25) is 5.02 Å². The molecule has 1 amide bonds. The number of aliphatic carboxylic acids is 1. The van der Waals surface area contributed by atoms with Gasteiger partial charge in [-0.15, -0.1) is 0 Å². The first-order valence-corrected chi connectivity index (χ1v) is 7.65. The first-order chi connectivity index (χ1) is 9.43. The van der Waals surface area contributed by atoms with E-state index in [4.69, 9.17) is 21.4 Å². The zero-order valence-electron chi connectivity index (χ0n) is 11.2. The molecular weight excluding hydrogens is 302 g/mol. The fraction of sp³-hybridized carbons (Fsp3) is 0.385. The number of amides is 1. The number of thioether (sulfide) groups is 1. The van der Waals surface area contributed by atoms with Gasteiger partial charge in [0, 0.05) is 17.4 Å². The Morgan fingerprint density at radius 2 is 2.20 bits per heavy atom. The van der Waals surface area contributed by atoms with Gasteiger partial charge in [0.2, 0.25) is 5.91 Å². The molecule has 0 aromatic heterocycles. The van der Waals surface area contributed by atoms with E-state index < -0.39 is 12.6 Å². The van der Waals surface area contributed by atoms with Gasteiger partial charge in [0.05, 0.1) is 5.02 Å². The smallest absolute Gasteiger partial charge is 0.341 e. The average molecular weight is 318 g/mol. The zero-order chi connectivity index (χ0) is 15.1. The molecule has 0 bridgehead atoms. The number of hydrogen-bond donors (Lipinski definition) is 2. The maximum absolute atomic E-state index is 11.8. The van der Waals surface area contributed by atoms with E-state index in [-0.39, 0.29) is 22.6 Å². The van der Waals surface area contributed by atoms with Crippen LogP contribution in [0.4, 0.5) is 5.69 Å². The van der Waals surface area contributed by atoms with Crippen LogP contribution in [-0.4, -0.2) is 35.6 Å². The van der Waals surface area contributed by atoms with Gasteiger partial charge in [0.1, 0.15) is 5.75 Å². The summed E-state index contributed by atoms with van der Waals surface area (Å²) < 4.78 is 5.00. The van der Waals surface area contributed by atoms with Crippen molar-refractivity contribution in [2.24, 2.45) is 5.92 Å². The lowest BCUT2D eigenvalue weighted by Gasteiger charge is -2.12. The SMILES string of the molecule is CSCC(C)C(=O)Nc1ccc(OCC(=O)O)c(Cl)c1. The Morgan fingerprint density at radius 1 is 1.50 bits per heavy atom. The molecule has 0 saturated heterocycles. The highest BCUT2D eigenvalue weighted by molar-refractivity contribution is 7.98. The predicted octanol–water partition coefficient (Wildman–Crippen LogP) is 2.74. The van der Waals surface area contributed by atoms with Crippen LogP contribution in [0, 0.1) is 5.92 Å². The van der Waals surface area contributed by atoms with Crippen molar-refractivity contribution >= 4 is 40.9 Å². The maximum atomic E-state index is 11.8. The predicted molar refractivity (Wildman–Crippen MR) is 80.8 cm³/mol. The number of carboxylic acids is 1. The standard InChI is InChI=1S/C13H16ClNO4S/c1-8(7-20-2)13(18)15-9-3-4-11(10(14)5-9)19-6-12(16)17/h3-5,8H,6-7H2,1-2H3,(H,15,18)(H,16,17). The summed E-state index contributed by atoms with van der Waals surface area (Å²) in [5.41, 5.74) is 0.552. The van der Waals surface area contributed by atoms with Gasteiger partial charge in [-0.25, -0.2) is 4.79 Å². The summed E-state index contributed by atoms with van der Waals surface area (Å²) in [5.74, 6) is -0.269. The maximum Gasteiger partial charge on any atom is 0.341 e. The first-order valence-electron chi connectivity index (χ1n) is 5.88. The van der Waals surface area contributed by atoms with Crippen molar-refractivity contribution in [2.75, 3.05) is 23.9 Å². The van der Waals surface area contributed by atoms with Gasteiger partial charge >= 0.3 is 5.97 Å². The van der Waals surface area contributed by atoms with Crippen LogP contribution in [0.25, 0.3) is 0 Å². The molecule has 0 aliphatic carbocycles. The van der Waals surface area contributed by atoms with Crippen LogP contribution >= 0.6 is 23.4 Å². The minimum atomic E-state index is -1.08. The van der Waals surface area contributed by atoms with Crippen molar-refractivity contribution in [1.29, 1.82) is 0 Å². The molecule has 1 rings (SSSR count). The number of ether oxygens (including phenoxy) is 1. The van der Waals surface area contributed by atoms with Gasteiger partial charge in [0.15, 0.2) is 6.61 Å². The molecule has 0 heterocycles. The minimum Gasteiger partial charge on any atom is -0.480 e. The van der Waals surface area contributed by atoms with Crippen LogP contribution in [0.3, 0.4) is 0 Å². The Hall–Kier alpha value is -1.40. The second-order valence-electron chi connectivity index (χ2n) is 4.17. The third kappa shape index (κ3) is 5.30. The molecule has 1 unspecified atom stereocenters. The number of carbonyl (C=O) groups is 2. The van der Waals surface area contributed by atoms with Crippen molar-refractivity contribution in [1.82, 2.24) is 0 Å². The second-order valence-corrected chi connectivity index (χ2v) is 5.49. The molecule has 0 aliphatic heterocycles. The van der Waals surface area contributed by atoms with E-state index in [1.807, 2.05) is 13.2 Å². The Bertz CT molecular complexity index is 495. The number of rotatable bonds is 7. The lowest BCUT2D eigenvalue weighted by molar-refractivity contribution is -0.139. The molecule has 0 spiro atoms. The van der Waals surface area contributed by atoms with E-state index in [0.29, 0.717) is 5.69 Å². The number of nitrogens with one attached hydrogen (secondary N) is 1. The van der Waals surface area contributed by atoms with E-state index in [0.717, 1.165) is 5.75 Å². The number of halogens is 1. The van der Waals surface area contributed by atoms with E-state index in [1.54, 1.807) is 17.8 Å². The summed E-state index contributed by atoms with van der Waals surface area (Å²) in [7, 11) is 0. The van der Waals surface area contributed by atoms with Crippen molar-refractivity contribution in [3.05, 3.63) is 23.2 Å². The fourth-order valence-corrected chi connectivity index (χ4v) is 2.31. The van der Waals surface area contributed by atoms with E-state index >= 15 is 0 Å². The summed E-state index contributed by atoms with van der Waals surface area (Å²) in [6.07, 6.45) is 1.94. The van der Waals surface area contributed by atoms with Gasteiger partial charge in [-0.3, -0.25) is 4.79 Å². The van der Waals surface area contributed by atoms with Gasteiger partial charge < -0.3 is 15.2 Å². The molecular formula is C13H16ClNO4S. The highest BCUT2D eigenvalue weighted by Gasteiger charge is 2.13. The van der Waals surface area contributed by atoms with Crippen LogP contribution in [0.5, 0.6) is 5.75 Å². The zero-order valence-corrected chi connectivity index (χ0v) is 12.8. The number of carbonyl (C=O) groups excluding carboxylic acids is 1. The number of hydrogen-bond acceptors (Lipinski definition) is 4. The Balaban J connectivity index is 2.67. The second kappa shape index (κ2) is 8.01. The topological polar surface area (TPSA) is 75.6 Å². The van der Waals surface area contributed by atoms with Gasteiger partial charge in [0.25, 0.3) is 0 Å². The van der Waals surface area contributed by atoms with Gasteiger partial charge in [-0.2, -0.15) is 11.8 Å². The van der Waals surface area contributed by atoms with Crippen molar-refractivity contribution in [3.8, 4) is 5.75 Å². The molecule has 0 aliphatic rings. The number of carboxylic acid groups (broad SMARTS) is 1. The van der Waals surface area contributed by atoms with E-state index in [2.05, 4.69) is 5.32 Å². The molecule has 110 valence electrons. The number of anilines is 1. The lowest BCUT2D eigenvalue weighted by Crippen LogP contribution is -2.22. The van der Waals surface area contributed by atoms with Gasteiger partial charge in [-0.1, -0.05) is 18.5 Å². The normalized spacial score (nSPS) is 11.8. The molecule has 1 aromatic carbocycles. The fourth-order valence-electron chi connectivity index (χ4n) is 1.43. The first kappa shape index (κ1) is 16.7. The van der Waals surface area contributed by atoms with Crippen molar-refractivity contribution in [3.63, 3.8) is 0 Å². The number of benzene rings is 1. The summed E-state index contributed by atoms with van der Waals surface area (Å²) in [5, 5.41) is 11.5. The molecule has 0 fully saturated rings.